The van der Waals surface area contributed by atoms with E-state index in [1.807, 2.05) is 6.92 Å². The lowest BCUT2D eigenvalue weighted by Crippen LogP contribution is -2.14. The molecule has 0 atom stereocenters. The zero-order valence-corrected chi connectivity index (χ0v) is 10.3. The minimum absolute atomic E-state index is 0.0339. The van der Waals surface area contributed by atoms with E-state index in [1.54, 1.807) is 13.1 Å². The summed E-state index contributed by atoms with van der Waals surface area (Å²) in [7, 11) is -3.63. The van der Waals surface area contributed by atoms with Crippen molar-refractivity contribution in [3.63, 3.8) is 0 Å². The Morgan fingerprint density at radius 2 is 2.18 bits per heavy atom. The first kappa shape index (κ1) is 11.6. The van der Waals surface area contributed by atoms with Crippen LogP contribution in [-0.4, -0.2) is 28.6 Å². The first-order chi connectivity index (χ1) is 8.03. The van der Waals surface area contributed by atoms with Crippen LogP contribution in [0.3, 0.4) is 0 Å². The van der Waals surface area contributed by atoms with Crippen LogP contribution >= 0.6 is 0 Å². The van der Waals surface area contributed by atoms with E-state index >= 15 is 0 Å². The number of imidazole rings is 1. The molecular formula is C9H13N5O2S. The van der Waals surface area contributed by atoms with Crippen LogP contribution in [0.4, 0.5) is 5.82 Å². The Kier molecular flexibility index (Phi) is 2.88. The molecule has 8 heteroatoms. The Hall–Kier alpha value is -1.83. The van der Waals surface area contributed by atoms with Crippen LogP contribution in [0.5, 0.6) is 0 Å². The Balaban J connectivity index is 2.29. The summed E-state index contributed by atoms with van der Waals surface area (Å²) in [5.74, 6) is 0.936. The normalized spacial score (nSPS) is 11.6. The van der Waals surface area contributed by atoms with Gasteiger partial charge in [0.15, 0.2) is 5.03 Å². The van der Waals surface area contributed by atoms with E-state index in [0.717, 1.165) is 5.56 Å². The smallest absolute Gasteiger partial charge is 0.280 e. The van der Waals surface area contributed by atoms with Gasteiger partial charge in [0, 0.05) is 5.56 Å². The van der Waals surface area contributed by atoms with Crippen LogP contribution in [-0.2, 0) is 16.4 Å². The summed E-state index contributed by atoms with van der Waals surface area (Å²) in [6.45, 7) is 3.61. The molecule has 0 aliphatic rings. The van der Waals surface area contributed by atoms with E-state index in [-0.39, 0.29) is 5.03 Å². The van der Waals surface area contributed by atoms with Gasteiger partial charge in [-0.1, -0.05) is 6.92 Å². The van der Waals surface area contributed by atoms with Crippen LogP contribution < -0.4 is 4.72 Å². The summed E-state index contributed by atoms with van der Waals surface area (Å²) in [5.41, 5.74) is 0.810. The first-order valence-corrected chi connectivity index (χ1v) is 6.58. The van der Waals surface area contributed by atoms with Gasteiger partial charge in [0.05, 0.1) is 12.4 Å². The highest BCUT2D eigenvalue weighted by molar-refractivity contribution is 7.92. The maximum absolute atomic E-state index is 12.0. The first-order valence-electron chi connectivity index (χ1n) is 5.09. The van der Waals surface area contributed by atoms with Gasteiger partial charge < -0.3 is 4.98 Å². The molecule has 0 unspecified atom stereocenters. The summed E-state index contributed by atoms with van der Waals surface area (Å²) >= 11 is 0. The molecule has 0 fully saturated rings. The number of rotatable bonds is 4. The predicted molar refractivity (Wildman–Crippen MR) is 62.1 cm³/mol. The minimum atomic E-state index is -3.63. The largest absolute Gasteiger partial charge is 0.332 e. The van der Waals surface area contributed by atoms with Crippen LogP contribution in [0.15, 0.2) is 17.4 Å². The van der Waals surface area contributed by atoms with Gasteiger partial charge >= 0.3 is 0 Å². The molecule has 0 radical (unpaired) electrons. The van der Waals surface area contributed by atoms with E-state index in [9.17, 15) is 8.42 Å². The van der Waals surface area contributed by atoms with Gasteiger partial charge in [-0.15, -0.1) is 0 Å². The summed E-state index contributed by atoms with van der Waals surface area (Å²) < 4.78 is 26.3. The monoisotopic (exact) mass is 255 g/mol. The maximum atomic E-state index is 12.0. The second kappa shape index (κ2) is 4.21. The molecule has 2 aromatic rings. The third-order valence-corrected chi connectivity index (χ3v) is 3.56. The fourth-order valence-corrected chi connectivity index (χ4v) is 2.42. The van der Waals surface area contributed by atoms with Crippen molar-refractivity contribution in [1.82, 2.24) is 20.2 Å². The van der Waals surface area contributed by atoms with Crippen molar-refractivity contribution in [2.75, 3.05) is 4.72 Å². The van der Waals surface area contributed by atoms with Crippen molar-refractivity contribution in [2.45, 2.75) is 25.3 Å². The van der Waals surface area contributed by atoms with Crippen molar-refractivity contribution < 1.29 is 8.42 Å². The van der Waals surface area contributed by atoms with Crippen LogP contribution in [0.25, 0.3) is 0 Å². The SMILES string of the molecule is CCc1cn[nH]c1NS(=O)(=O)c1cnc(C)[nH]1. The van der Waals surface area contributed by atoms with Crippen LogP contribution in [0.2, 0.25) is 0 Å². The summed E-state index contributed by atoms with van der Waals surface area (Å²) in [4.78, 5) is 6.52. The quantitative estimate of drug-likeness (QED) is 0.751. The molecule has 2 heterocycles. The van der Waals surface area contributed by atoms with Gasteiger partial charge in [0.2, 0.25) is 0 Å². The van der Waals surface area contributed by atoms with Crippen molar-refractivity contribution >= 4 is 15.8 Å². The molecule has 7 nitrogen and oxygen atoms in total. The third kappa shape index (κ3) is 2.31. The van der Waals surface area contributed by atoms with Crippen molar-refractivity contribution in [3.05, 3.63) is 23.8 Å². The third-order valence-electron chi connectivity index (χ3n) is 2.30. The van der Waals surface area contributed by atoms with Crippen molar-refractivity contribution in [3.8, 4) is 0 Å². The fraction of sp³-hybridized carbons (Fsp3) is 0.333. The number of nitrogens with one attached hydrogen (secondary N) is 3. The number of aromatic amines is 2. The van der Waals surface area contributed by atoms with E-state index in [0.29, 0.717) is 18.1 Å². The molecule has 0 aliphatic carbocycles. The summed E-state index contributed by atoms with van der Waals surface area (Å²) in [5, 5.41) is 6.45. The van der Waals surface area contributed by atoms with E-state index in [2.05, 4.69) is 24.9 Å². The Morgan fingerprint density at radius 3 is 2.76 bits per heavy atom. The second-order valence-corrected chi connectivity index (χ2v) is 5.21. The van der Waals surface area contributed by atoms with Gasteiger partial charge in [-0.05, 0) is 13.3 Å². The molecule has 2 rings (SSSR count). The van der Waals surface area contributed by atoms with Crippen molar-refractivity contribution in [2.24, 2.45) is 0 Å². The topological polar surface area (TPSA) is 104 Å². The highest BCUT2D eigenvalue weighted by atomic mass is 32.2. The van der Waals surface area contributed by atoms with Crippen LogP contribution in [0, 0.1) is 6.92 Å². The summed E-state index contributed by atoms with van der Waals surface area (Å²) in [6, 6.07) is 0. The molecule has 0 saturated carbocycles. The maximum Gasteiger partial charge on any atom is 0.280 e. The number of nitrogens with zero attached hydrogens (tertiary/aromatic N) is 2. The number of anilines is 1. The number of hydrogen-bond acceptors (Lipinski definition) is 4. The van der Waals surface area contributed by atoms with Crippen molar-refractivity contribution in [1.29, 1.82) is 0 Å². The standard InChI is InChI=1S/C9H13N5O2S/c1-3-7-4-11-13-9(7)14-17(15,16)8-5-10-6(2)12-8/h4-5H,3H2,1-2H3,(H,10,12)(H2,11,13,14). The molecule has 0 amide bonds. The average molecular weight is 255 g/mol. The lowest BCUT2D eigenvalue weighted by atomic mass is 10.3. The van der Waals surface area contributed by atoms with Gasteiger partial charge in [0.1, 0.15) is 11.6 Å². The van der Waals surface area contributed by atoms with E-state index in [1.165, 1.54) is 6.20 Å². The Labute approximate surface area is 98.7 Å². The molecule has 92 valence electrons. The van der Waals surface area contributed by atoms with Gasteiger partial charge in [-0.3, -0.25) is 9.82 Å². The number of hydrogen-bond donors (Lipinski definition) is 3. The molecule has 0 bridgehead atoms. The molecule has 3 N–H and O–H groups in total. The predicted octanol–water partition coefficient (Wildman–Crippen LogP) is 0.804. The molecule has 0 saturated heterocycles. The van der Waals surface area contributed by atoms with Gasteiger partial charge in [0.25, 0.3) is 10.0 Å². The molecule has 2 aromatic heterocycles. The number of H-pyrrole nitrogens is 2. The molecule has 0 aliphatic heterocycles. The molecule has 0 spiro atoms. The number of aromatic nitrogens is 4. The lowest BCUT2D eigenvalue weighted by molar-refractivity contribution is 0.598. The highest BCUT2D eigenvalue weighted by Crippen LogP contribution is 2.16. The zero-order chi connectivity index (χ0) is 12.5. The Morgan fingerprint density at radius 1 is 1.41 bits per heavy atom. The number of aryl methyl sites for hydroxylation is 2. The van der Waals surface area contributed by atoms with Gasteiger partial charge in [-0.2, -0.15) is 13.5 Å². The van der Waals surface area contributed by atoms with E-state index in [4.69, 9.17) is 0 Å². The number of sulfonamides is 1. The van der Waals surface area contributed by atoms with Crippen LogP contribution in [0.1, 0.15) is 18.3 Å². The Bertz CT molecular complexity index is 613. The lowest BCUT2D eigenvalue weighted by Gasteiger charge is -2.05. The molecular weight excluding hydrogens is 242 g/mol. The highest BCUT2D eigenvalue weighted by Gasteiger charge is 2.18. The molecule has 0 aromatic carbocycles. The summed E-state index contributed by atoms with van der Waals surface area (Å²) in [6.07, 6.45) is 3.56. The zero-order valence-electron chi connectivity index (χ0n) is 9.48. The second-order valence-electron chi connectivity index (χ2n) is 3.56. The minimum Gasteiger partial charge on any atom is -0.332 e. The van der Waals surface area contributed by atoms with E-state index < -0.39 is 10.0 Å². The molecule has 17 heavy (non-hydrogen) atoms. The fourth-order valence-electron chi connectivity index (χ4n) is 1.39. The average Bonchev–Trinajstić information content (AvgIpc) is 2.86. The van der Waals surface area contributed by atoms with Gasteiger partial charge in [-0.25, -0.2) is 4.98 Å².